The molecule has 0 saturated carbocycles. The van der Waals surface area contributed by atoms with Gasteiger partial charge in [-0.15, -0.1) is 0 Å². The van der Waals surface area contributed by atoms with Crippen LogP contribution in [0, 0.1) is 13.8 Å². The number of benzene rings is 4. The first-order chi connectivity index (χ1) is 15.8. The van der Waals surface area contributed by atoms with Crippen molar-refractivity contribution in [3.63, 3.8) is 0 Å². The summed E-state index contributed by atoms with van der Waals surface area (Å²) in [4.78, 5) is 0. The maximum absolute atomic E-state index is 11.2. The molecule has 0 fully saturated rings. The molecule has 0 heterocycles. The highest BCUT2D eigenvalue weighted by molar-refractivity contribution is 5.54. The Hall–Kier alpha value is -3.52. The molecule has 0 aliphatic carbocycles. The van der Waals surface area contributed by atoms with E-state index >= 15 is 0 Å². The summed E-state index contributed by atoms with van der Waals surface area (Å²) in [7, 11) is 0. The van der Waals surface area contributed by atoms with E-state index in [9.17, 15) is 10.2 Å². The van der Waals surface area contributed by atoms with Gasteiger partial charge in [-0.3, -0.25) is 0 Å². The summed E-state index contributed by atoms with van der Waals surface area (Å²) in [6.07, 6.45) is 0.476. The fourth-order valence-electron chi connectivity index (χ4n) is 4.75. The number of hydrogen-bond acceptors (Lipinski definition) is 2. The Morgan fingerprint density at radius 2 is 0.939 bits per heavy atom. The average molecular weight is 437 g/mol. The quantitative estimate of drug-likeness (QED) is 0.326. The second-order valence-electron chi connectivity index (χ2n) is 9.17. The third kappa shape index (κ3) is 4.80. The van der Waals surface area contributed by atoms with E-state index in [-0.39, 0.29) is 11.8 Å². The van der Waals surface area contributed by atoms with E-state index in [1.54, 1.807) is 0 Å². The molecule has 2 heteroatoms. The third-order valence-corrected chi connectivity index (χ3v) is 6.64. The first-order valence-corrected chi connectivity index (χ1v) is 11.6. The molecule has 2 atom stereocenters. The van der Waals surface area contributed by atoms with Crippen LogP contribution in [0.25, 0.3) is 0 Å². The highest BCUT2D eigenvalue weighted by atomic mass is 16.3. The van der Waals surface area contributed by atoms with Gasteiger partial charge in [-0.05, 0) is 36.1 Å². The minimum atomic E-state index is 0.0737. The molecule has 2 nitrogen and oxygen atoms in total. The van der Waals surface area contributed by atoms with Gasteiger partial charge in [0, 0.05) is 29.4 Å². The maximum atomic E-state index is 11.2. The summed E-state index contributed by atoms with van der Waals surface area (Å²) in [6, 6.07) is 28.7. The van der Waals surface area contributed by atoms with Crippen LogP contribution in [0.1, 0.15) is 70.2 Å². The van der Waals surface area contributed by atoms with Gasteiger partial charge in [0.05, 0.1) is 0 Å². The summed E-state index contributed by atoms with van der Waals surface area (Å²) in [5, 5.41) is 22.5. The highest BCUT2D eigenvalue weighted by Crippen LogP contribution is 2.39. The van der Waals surface area contributed by atoms with Crippen molar-refractivity contribution >= 4 is 0 Å². The van der Waals surface area contributed by atoms with Crippen molar-refractivity contribution in [1.82, 2.24) is 0 Å². The number of rotatable bonds is 6. The molecule has 4 aromatic carbocycles. The first-order valence-electron chi connectivity index (χ1n) is 11.6. The van der Waals surface area contributed by atoms with Crippen LogP contribution in [0.5, 0.6) is 11.5 Å². The van der Waals surface area contributed by atoms with Crippen molar-refractivity contribution < 1.29 is 10.2 Å². The minimum absolute atomic E-state index is 0.0737. The van der Waals surface area contributed by atoms with Crippen molar-refractivity contribution in [2.75, 3.05) is 0 Å². The predicted molar refractivity (Wildman–Crippen MR) is 136 cm³/mol. The van der Waals surface area contributed by atoms with Gasteiger partial charge in [-0.2, -0.15) is 0 Å². The predicted octanol–water partition coefficient (Wildman–Crippen LogP) is 7.61. The molecule has 0 aliphatic heterocycles. The van der Waals surface area contributed by atoms with Gasteiger partial charge < -0.3 is 10.2 Å². The molecule has 33 heavy (non-hydrogen) atoms. The Morgan fingerprint density at radius 3 is 1.30 bits per heavy atom. The van der Waals surface area contributed by atoms with Crippen LogP contribution in [0.4, 0.5) is 0 Å². The topological polar surface area (TPSA) is 40.5 Å². The Labute approximate surface area is 197 Å². The molecule has 0 saturated heterocycles. The second kappa shape index (κ2) is 9.54. The van der Waals surface area contributed by atoms with Crippen LogP contribution >= 0.6 is 0 Å². The molecule has 4 aromatic rings. The number of aryl methyl sites for hydroxylation is 2. The molecule has 0 spiro atoms. The first kappa shape index (κ1) is 22.7. The SMILES string of the molecule is Cc1cc(Cc2cc(C)cc(C(C)c3ccccc3)c2O)c(O)c(C(C)c2ccccc2)c1. The van der Waals surface area contributed by atoms with Gasteiger partial charge in [-0.1, -0.05) is 110 Å². The van der Waals surface area contributed by atoms with E-state index in [2.05, 4.69) is 64.1 Å². The fraction of sp³-hybridized carbons (Fsp3) is 0.226. The summed E-state index contributed by atoms with van der Waals surface area (Å²) in [6.45, 7) is 8.36. The van der Waals surface area contributed by atoms with Crippen molar-refractivity contribution in [2.45, 2.75) is 46.0 Å². The minimum Gasteiger partial charge on any atom is -0.507 e. The zero-order chi connectivity index (χ0) is 23.5. The molecule has 168 valence electrons. The van der Waals surface area contributed by atoms with Crippen LogP contribution in [0.3, 0.4) is 0 Å². The fourth-order valence-corrected chi connectivity index (χ4v) is 4.75. The Balaban J connectivity index is 1.73. The lowest BCUT2D eigenvalue weighted by Gasteiger charge is -2.20. The zero-order valence-electron chi connectivity index (χ0n) is 19.8. The van der Waals surface area contributed by atoms with Gasteiger partial charge in [0.15, 0.2) is 0 Å². The highest BCUT2D eigenvalue weighted by Gasteiger charge is 2.20. The van der Waals surface area contributed by atoms with E-state index < -0.39 is 0 Å². The molecule has 0 aromatic heterocycles. The van der Waals surface area contributed by atoms with E-state index in [1.165, 1.54) is 11.1 Å². The number of hydrogen-bond donors (Lipinski definition) is 2. The molecular weight excluding hydrogens is 404 g/mol. The molecular formula is C31H32O2. The molecule has 4 rings (SSSR count). The second-order valence-corrected chi connectivity index (χ2v) is 9.17. The Bertz CT molecular complexity index is 1140. The van der Waals surface area contributed by atoms with Crippen molar-refractivity contribution in [2.24, 2.45) is 0 Å². The zero-order valence-corrected chi connectivity index (χ0v) is 19.8. The van der Waals surface area contributed by atoms with Crippen LogP contribution in [0.15, 0.2) is 84.9 Å². The van der Waals surface area contributed by atoms with E-state index in [4.69, 9.17) is 0 Å². The van der Waals surface area contributed by atoms with E-state index in [0.717, 1.165) is 33.4 Å². The van der Waals surface area contributed by atoms with Crippen molar-refractivity contribution in [3.8, 4) is 11.5 Å². The number of aromatic hydroxyl groups is 2. The van der Waals surface area contributed by atoms with Crippen LogP contribution in [-0.2, 0) is 6.42 Å². The lowest BCUT2D eigenvalue weighted by atomic mass is 9.86. The van der Waals surface area contributed by atoms with Gasteiger partial charge in [0.1, 0.15) is 11.5 Å². The van der Waals surface area contributed by atoms with Gasteiger partial charge in [0.2, 0.25) is 0 Å². The smallest absolute Gasteiger partial charge is 0.122 e. The molecule has 0 bridgehead atoms. The lowest BCUT2D eigenvalue weighted by Crippen LogP contribution is -2.03. The molecule has 0 radical (unpaired) electrons. The van der Waals surface area contributed by atoms with Gasteiger partial charge in [0.25, 0.3) is 0 Å². The Kier molecular flexibility index (Phi) is 6.55. The largest absolute Gasteiger partial charge is 0.507 e. The third-order valence-electron chi connectivity index (χ3n) is 6.64. The van der Waals surface area contributed by atoms with Crippen LogP contribution < -0.4 is 0 Å². The number of phenols is 2. The summed E-state index contributed by atoms with van der Waals surface area (Å²) in [5.41, 5.74) is 8.06. The lowest BCUT2D eigenvalue weighted by molar-refractivity contribution is 0.453. The van der Waals surface area contributed by atoms with E-state index in [0.29, 0.717) is 17.9 Å². The van der Waals surface area contributed by atoms with Crippen LogP contribution in [0.2, 0.25) is 0 Å². The monoisotopic (exact) mass is 436 g/mol. The molecule has 2 N–H and O–H groups in total. The molecule has 0 amide bonds. The summed E-state index contributed by atoms with van der Waals surface area (Å²) < 4.78 is 0. The standard InChI is InChI=1S/C31H32O2/c1-20-15-26(30(32)28(17-20)22(3)24-11-7-5-8-12-24)19-27-16-21(2)18-29(31(27)33)23(4)25-13-9-6-10-14-25/h5-18,22-23,32-33H,19H2,1-4H3. The van der Waals surface area contributed by atoms with Crippen molar-refractivity contribution in [1.29, 1.82) is 0 Å². The Morgan fingerprint density at radius 1 is 0.576 bits per heavy atom. The van der Waals surface area contributed by atoms with Gasteiger partial charge in [-0.25, -0.2) is 0 Å². The molecule has 2 unspecified atom stereocenters. The summed E-state index contributed by atoms with van der Waals surface area (Å²) >= 11 is 0. The van der Waals surface area contributed by atoms with Gasteiger partial charge >= 0.3 is 0 Å². The van der Waals surface area contributed by atoms with Crippen molar-refractivity contribution in [3.05, 3.63) is 129 Å². The van der Waals surface area contributed by atoms with E-state index in [1.807, 2.05) is 48.5 Å². The average Bonchev–Trinajstić information content (AvgIpc) is 2.83. The molecule has 0 aliphatic rings. The normalized spacial score (nSPS) is 13.0. The number of phenolic OH excluding ortho intramolecular Hbond substituents is 2. The van der Waals surface area contributed by atoms with Crippen LogP contribution in [-0.4, -0.2) is 10.2 Å². The maximum Gasteiger partial charge on any atom is 0.122 e. The summed E-state index contributed by atoms with van der Waals surface area (Å²) in [5.74, 6) is 0.778.